The van der Waals surface area contributed by atoms with Crippen LogP contribution >= 0.6 is 11.6 Å². The van der Waals surface area contributed by atoms with Gasteiger partial charge in [0.15, 0.2) is 0 Å². The lowest BCUT2D eigenvalue weighted by molar-refractivity contribution is 0.446. The summed E-state index contributed by atoms with van der Waals surface area (Å²) < 4.78 is 41.7. The van der Waals surface area contributed by atoms with Gasteiger partial charge in [0, 0.05) is 36.4 Å². The lowest BCUT2D eigenvalue weighted by atomic mass is 10.1. The lowest BCUT2D eigenvalue weighted by Crippen LogP contribution is -2.38. The normalized spacial score (nSPS) is 11.8. The number of rotatable bonds is 7. The molecule has 2 aromatic rings. The van der Waals surface area contributed by atoms with Gasteiger partial charge in [0.05, 0.1) is 0 Å². The number of nitrogens with one attached hydrogen (secondary N) is 1. The number of hydrogen-bond acceptors (Lipinski definition) is 3. The molecular weight excluding hydrogens is 353 g/mol. The van der Waals surface area contributed by atoms with Crippen molar-refractivity contribution in [3.8, 4) is 0 Å². The molecule has 0 atom stereocenters. The van der Waals surface area contributed by atoms with Crippen LogP contribution in [0, 0.1) is 5.82 Å². The maximum absolute atomic E-state index is 13.8. The van der Waals surface area contributed by atoms with Crippen molar-refractivity contribution in [3.63, 3.8) is 0 Å². The fourth-order valence-corrected chi connectivity index (χ4v) is 3.21. The quantitative estimate of drug-likeness (QED) is 0.734. The van der Waals surface area contributed by atoms with Gasteiger partial charge >= 0.3 is 0 Å². The molecule has 2 aromatic carbocycles. The van der Waals surface area contributed by atoms with Gasteiger partial charge in [-0.25, -0.2) is 9.11 Å². The Morgan fingerprint density at radius 2 is 1.88 bits per heavy atom. The lowest BCUT2D eigenvalue weighted by Gasteiger charge is -2.18. The number of anilines is 1. The number of nitrogens with two attached hydrogens (primary N) is 1. The third-order valence-corrected chi connectivity index (χ3v) is 5.40. The summed E-state index contributed by atoms with van der Waals surface area (Å²) in [6.45, 7) is 0.0737. The van der Waals surface area contributed by atoms with Crippen LogP contribution in [0.1, 0.15) is 11.1 Å². The van der Waals surface area contributed by atoms with Gasteiger partial charge in [-0.2, -0.15) is 12.7 Å². The first kappa shape index (κ1) is 18.7. The van der Waals surface area contributed by atoms with Crippen molar-refractivity contribution in [2.75, 3.05) is 19.3 Å². The van der Waals surface area contributed by atoms with Crippen LogP contribution in [0.25, 0.3) is 0 Å². The van der Waals surface area contributed by atoms with E-state index in [0.29, 0.717) is 12.1 Å². The van der Waals surface area contributed by atoms with Gasteiger partial charge in [-0.1, -0.05) is 29.8 Å². The van der Waals surface area contributed by atoms with Gasteiger partial charge < -0.3 is 5.73 Å². The van der Waals surface area contributed by atoms with Gasteiger partial charge in [-0.05, 0) is 36.2 Å². The van der Waals surface area contributed by atoms with Crippen LogP contribution in [0.2, 0.25) is 5.02 Å². The van der Waals surface area contributed by atoms with Crippen molar-refractivity contribution in [1.29, 1.82) is 0 Å². The second-order valence-corrected chi connectivity index (χ2v) is 7.62. The molecule has 0 saturated carbocycles. The fourth-order valence-electron chi connectivity index (χ4n) is 2.11. The molecule has 3 N–H and O–H groups in total. The summed E-state index contributed by atoms with van der Waals surface area (Å²) in [4.78, 5) is 0. The third-order valence-electron chi connectivity index (χ3n) is 3.53. The molecule has 130 valence electrons. The molecule has 0 heterocycles. The molecule has 0 radical (unpaired) electrons. The first-order valence-corrected chi connectivity index (χ1v) is 9.09. The predicted molar refractivity (Wildman–Crippen MR) is 94.4 cm³/mol. The Balaban J connectivity index is 1.95. The number of benzene rings is 2. The van der Waals surface area contributed by atoms with E-state index >= 15 is 0 Å². The van der Waals surface area contributed by atoms with Gasteiger partial charge in [0.2, 0.25) is 0 Å². The Kier molecular flexibility index (Phi) is 6.17. The van der Waals surface area contributed by atoms with E-state index in [1.165, 1.54) is 25.2 Å². The van der Waals surface area contributed by atoms with E-state index in [4.69, 9.17) is 17.3 Å². The first-order chi connectivity index (χ1) is 11.3. The number of nitrogen functional groups attached to an aromatic ring is 1. The van der Waals surface area contributed by atoms with E-state index in [0.717, 1.165) is 9.87 Å². The minimum atomic E-state index is -3.74. The monoisotopic (exact) mass is 371 g/mol. The second kappa shape index (κ2) is 7.94. The SMILES string of the molecule is CN(Cc1c(F)cccc1Cl)S(=O)(=O)NCCc1ccc(N)cc1. The van der Waals surface area contributed by atoms with E-state index in [1.807, 2.05) is 12.1 Å². The van der Waals surface area contributed by atoms with E-state index in [-0.39, 0.29) is 23.7 Å². The smallest absolute Gasteiger partial charge is 0.279 e. The minimum Gasteiger partial charge on any atom is -0.399 e. The van der Waals surface area contributed by atoms with Crippen molar-refractivity contribution in [2.45, 2.75) is 13.0 Å². The molecule has 0 aliphatic carbocycles. The molecule has 0 bridgehead atoms. The molecule has 0 fully saturated rings. The largest absolute Gasteiger partial charge is 0.399 e. The zero-order valence-corrected chi connectivity index (χ0v) is 14.7. The molecule has 8 heteroatoms. The van der Waals surface area contributed by atoms with Crippen LogP contribution in [0.5, 0.6) is 0 Å². The second-order valence-electron chi connectivity index (χ2n) is 5.35. The van der Waals surface area contributed by atoms with E-state index in [9.17, 15) is 12.8 Å². The van der Waals surface area contributed by atoms with Crippen molar-refractivity contribution in [1.82, 2.24) is 9.03 Å². The number of halogens is 2. The molecule has 2 rings (SSSR count). The zero-order chi connectivity index (χ0) is 17.7. The molecule has 0 aliphatic rings. The van der Waals surface area contributed by atoms with Gasteiger partial charge in [-0.3, -0.25) is 0 Å². The van der Waals surface area contributed by atoms with Crippen LogP contribution in [-0.2, 0) is 23.2 Å². The topological polar surface area (TPSA) is 75.4 Å². The van der Waals surface area contributed by atoms with Crippen molar-refractivity contribution < 1.29 is 12.8 Å². The van der Waals surface area contributed by atoms with Gasteiger partial charge in [0.1, 0.15) is 5.82 Å². The van der Waals surface area contributed by atoms with Crippen molar-refractivity contribution >= 4 is 27.5 Å². The molecule has 0 spiro atoms. The fraction of sp³-hybridized carbons (Fsp3) is 0.250. The summed E-state index contributed by atoms with van der Waals surface area (Å²) in [5.74, 6) is -0.536. The summed E-state index contributed by atoms with van der Waals surface area (Å²) in [5.41, 5.74) is 7.36. The molecular formula is C16H19ClFN3O2S. The highest BCUT2D eigenvalue weighted by Crippen LogP contribution is 2.21. The van der Waals surface area contributed by atoms with Crippen LogP contribution in [0.15, 0.2) is 42.5 Å². The average Bonchev–Trinajstić information content (AvgIpc) is 2.52. The van der Waals surface area contributed by atoms with Crippen LogP contribution in [0.3, 0.4) is 0 Å². The summed E-state index contributed by atoms with van der Waals surface area (Å²) in [5, 5.41) is 0.193. The highest BCUT2D eigenvalue weighted by molar-refractivity contribution is 7.87. The van der Waals surface area contributed by atoms with Crippen LogP contribution in [0.4, 0.5) is 10.1 Å². The highest BCUT2D eigenvalue weighted by atomic mass is 35.5. The standard InChI is InChI=1S/C16H19ClFN3O2S/c1-21(11-14-15(17)3-2-4-16(14)18)24(22,23)20-10-9-12-5-7-13(19)8-6-12/h2-8,20H,9-11,19H2,1H3. The van der Waals surface area contributed by atoms with Crippen molar-refractivity contribution in [2.24, 2.45) is 0 Å². The highest BCUT2D eigenvalue weighted by Gasteiger charge is 2.20. The third kappa shape index (κ3) is 4.91. The summed E-state index contributed by atoms with van der Waals surface area (Å²) in [7, 11) is -2.37. The molecule has 24 heavy (non-hydrogen) atoms. The van der Waals surface area contributed by atoms with Gasteiger partial charge in [0.25, 0.3) is 10.2 Å². The molecule has 5 nitrogen and oxygen atoms in total. The van der Waals surface area contributed by atoms with Gasteiger partial charge in [-0.15, -0.1) is 0 Å². The Bertz CT molecular complexity index is 777. The molecule has 0 saturated heterocycles. The Morgan fingerprint density at radius 3 is 2.50 bits per heavy atom. The Labute approximate surface area is 146 Å². The summed E-state index contributed by atoms with van der Waals surface area (Å²) >= 11 is 5.93. The van der Waals surface area contributed by atoms with E-state index in [2.05, 4.69) is 4.72 Å². The maximum atomic E-state index is 13.8. The minimum absolute atomic E-state index is 0.144. The zero-order valence-electron chi connectivity index (χ0n) is 13.2. The summed E-state index contributed by atoms with van der Waals surface area (Å²) in [6.07, 6.45) is 0.522. The predicted octanol–water partition coefficient (Wildman–Crippen LogP) is 2.57. The van der Waals surface area contributed by atoms with Crippen LogP contribution < -0.4 is 10.5 Å². The summed E-state index contributed by atoms with van der Waals surface area (Å²) in [6, 6.07) is 11.4. The average molecular weight is 372 g/mol. The molecule has 0 aliphatic heterocycles. The van der Waals surface area contributed by atoms with E-state index in [1.54, 1.807) is 12.1 Å². The number of hydrogen-bond donors (Lipinski definition) is 2. The Morgan fingerprint density at radius 1 is 1.21 bits per heavy atom. The van der Waals surface area contributed by atoms with E-state index < -0.39 is 16.0 Å². The maximum Gasteiger partial charge on any atom is 0.279 e. The van der Waals surface area contributed by atoms with Crippen LogP contribution in [-0.4, -0.2) is 26.3 Å². The molecule has 0 amide bonds. The molecule has 0 unspecified atom stereocenters. The first-order valence-electron chi connectivity index (χ1n) is 7.28. The number of nitrogens with zero attached hydrogens (tertiary/aromatic N) is 1. The Hall–Kier alpha value is -1.67. The molecule has 0 aromatic heterocycles. The van der Waals surface area contributed by atoms with Crippen molar-refractivity contribution in [3.05, 3.63) is 64.4 Å².